The minimum Gasteiger partial charge on any atom is -0.496 e. The van der Waals surface area contributed by atoms with Gasteiger partial charge in [0.2, 0.25) is 0 Å². The van der Waals surface area contributed by atoms with Crippen molar-refractivity contribution >= 4 is 16.7 Å². The molecule has 2 aromatic carbocycles. The minimum atomic E-state index is -0.549. The third-order valence-electron chi connectivity index (χ3n) is 3.56. The van der Waals surface area contributed by atoms with Crippen molar-refractivity contribution in [3.8, 4) is 11.5 Å². The Hall–Kier alpha value is -2.29. The molecular formula is C20H24O3. The Kier molecular flexibility index (Phi) is 4.79. The molecule has 23 heavy (non-hydrogen) atoms. The van der Waals surface area contributed by atoms with E-state index in [1.54, 1.807) is 7.11 Å². The molecular weight excluding hydrogens is 288 g/mol. The van der Waals surface area contributed by atoms with Crippen molar-refractivity contribution < 1.29 is 14.3 Å². The molecule has 0 bridgehead atoms. The summed E-state index contributed by atoms with van der Waals surface area (Å²) in [5.41, 5.74) is 1.59. The minimum absolute atomic E-state index is 0.255. The van der Waals surface area contributed by atoms with E-state index in [0.29, 0.717) is 5.75 Å². The fourth-order valence-electron chi connectivity index (χ4n) is 2.39. The first-order valence-electron chi connectivity index (χ1n) is 7.69. The quantitative estimate of drug-likeness (QED) is 0.457. The van der Waals surface area contributed by atoms with Gasteiger partial charge in [-0.3, -0.25) is 4.79 Å². The summed E-state index contributed by atoms with van der Waals surface area (Å²) in [5.74, 6) is 1.11. The molecule has 0 amide bonds. The molecule has 0 radical (unpaired) electrons. The van der Waals surface area contributed by atoms with Gasteiger partial charge in [-0.15, -0.1) is 0 Å². The van der Waals surface area contributed by atoms with Crippen LogP contribution in [0, 0.1) is 5.41 Å². The van der Waals surface area contributed by atoms with Crippen molar-refractivity contribution in [1.29, 1.82) is 0 Å². The zero-order chi connectivity index (χ0) is 17.2. The first-order chi connectivity index (χ1) is 10.7. The summed E-state index contributed by atoms with van der Waals surface area (Å²) in [4.78, 5) is 12.2. The largest absolute Gasteiger partial charge is 0.496 e. The molecule has 0 aliphatic rings. The van der Waals surface area contributed by atoms with Crippen molar-refractivity contribution in [2.75, 3.05) is 7.11 Å². The lowest BCUT2D eigenvalue weighted by atomic mass is 9.97. The highest BCUT2D eigenvalue weighted by Gasteiger charge is 2.24. The van der Waals surface area contributed by atoms with Gasteiger partial charge >= 0.3 is 5.97 Å². The average Bonchev–Trinajstić information content (AvgIpc) is 2.45. The molecule has 0 atom stereocenters. The molecule has 2 rings (SSSR count). The third-order valence-corrected chi connectivity index (χ3v) is 3.56. The van der Waals surface area contributed by atoms with Crippen molar-refractivity contribution in [2.45, 2.75) is 34.1 Å². The number of carbonyl (C=O) groups is 1. The van der Waals surface area contributed by atoms with Gasteiger partial charge < -0.3 is 9.47 Å². The molecule has 2 aromatic rings. The van der Waals surface area contributed by atoms with Crippen LogP contribution in [0.15, 0.2) is 42.5 Å². The average molecular weight is 312 g/mol. The van der Waals surface area contributed by atoms with Crippen LogP contribution in [-0.2, 0) is 11.2 Å². The molecule has 0 N–H and O–H groups in total. The second kappa shape index (κ2) is 6.45. The first-order valence-corrected chi connectivity index (χ1v) is 7.69. The Morgan fingerprint density at radius 2 is 1.83 bits per heavy atom. The highest BCUT2D eigenvalue weighted by atomic mass is 16.5. The van der Waals surface area contributed by atoms with Gasteiger partial charge in [0.15, 0.2) is 0 Å². The van der Waals surface area contributed by atoms with E-state index < -0.39 is 5.41 Å². The second-order valence-electron chi connectivity index (χ2n) is 6.88. The Balaban J connectivity index is 2.54. The summed E-state index contributed by atoms with van der Waals surface area (Å²) in [5, 5.41) is 1.80. The van der Waals surface area contributed by atoms with Crippen LogP contribution in [0.5, 0.6) is 11.5 Å². The molecule has 0 aliphatic carbocycles. The number of hydrogen-bond donors (Lipinski definition) is 0. The number of benzene rings is 2. The molecule has 0 saturated carbocycles. The Morgan fingerprint density at radius 1 is 1.13 bits per heavy atom. The summed E-state index contributed by atoms with van der Waals surface area (Å²) >= 11 is 0. The van der Waals surface area contributed by atoms with E-state index >= 15 is 0 Å². The normalized spacial score (nSPS) is 11.3. The van der Waals surface area contributed by atoms with Gasteiger partial charge in [-0.2, -0.15) is 0 Å². The lowest BCUT2D eigenvalue weighted by Gasteiger charge is -2.18. The van der Waals surface area contributed by atoms with Crippen LogP contribution in [0.3, 0.4) is 0 Å². The predicted octanol–water partition coefficient (Wildman–Crippen LogP) is 4.92. The highest BCUT2D eigenvalue weighted by molar-refractivity contribution is 5.96. The predicted molar refractivity (Wildman–Crippen MR) is 94.1 cm³/mol. The van der Waals surface area contributed by atoms with E-state index in [-0.39, 0.29) is 5.97 Å². The molecule has 3 nitrogen and oxygen atoms in total. The maximum absolute atomic E-state index is 12.2. The van der Waals surface area contributed by atoms with Crippen LogP contribution < -0.4 is 9.47 Å². The van der Waals surface area contributed by atoms with Crippen molar-refractivity contribution in [2.24, 2.45) is 5.41 Å². The van der Waals surface area contributed by atoms with E-state index in [9.17, 15) is 4.79 Å². The van der Waals surface area contributed by atoms with Gasteiger partial charge in [0, 0.05) is 10.8 Å². The van der Waals surface area contributed by atoms with Gasteiger partial charge in [-0.05, 0) is 45.7 Å². The maximum atomic E-state index is 12.2. The fraction of sp³-hybridized carbons (Fsp3) is 0.350. The lowest BCUT2D eigenvalue weighted by molar-refractivity contribution is -0.142. The molecule has 0 fully saturated rings. The van der Waals surface area contributed by atoms with Gasteiger partial charge in [-0.1, -0.05) is 36.4 Å². The maximum Gasteiger partial charge on any atom is 0.316 e. The van der Waals surface area contributed by atoms with Crippen LogP contribution in [0.1, 0.15) is 33.3 Å². The van der Waals surface area contributed by atoms with Crippen molar-refractivity contribution in [3.05, 3.63) is 48.0 Å². The molecule has 122 valence electrons. The van der Waals surface area contributed by atoms with E-state index in [0.717, 1.165) is 34.1 Å². The topological polar surface area (TPSA) is 35.5 Å². The van der Waals surface area contributed by atoms with Crippen LogP contribution in [0.4, 0.5) is 0 Å². The molecule has 0 saturated heterocycles. The summed E-state index contributed by atoms with van der Waals surface area (Å²) < 4.78 is 11.2. The van der Waals surface area contributed by atoms with E-state index in [1.165, 1.54) is 0 Å². The number of hydrogen-bond acceptors (Lipinski definition) is 3. The highest BCUT2D eigenvalue weighted by Crippen LogP contribution is 2.36. The first kappa shape index (κ1) is 17.1. The Bertz CT molecular complexity index is 751. The lowest BCUT2D eigenvalue weighted by Crippen LogP contribution is -2.25. The molecule has 3 heteroatoms. The monoisotopic (exact) mass is 312 g/mol. The summed E-state index contributed by atoms with van der Waals surface area (Å²) in [7, 11) is 1.66. The van der Waals surface area contributed by atoms with Crippen LogP contribution >= 0.6 is 0 Å². The number of ether oxygens (including phenoxy) is 2. The van der Waals surface area contributed by atoms with E-state index in [1.807, 2.05) is 58.0 Å². The number of fused-ring (bicyclic) bond motifs is 1. The number of methoxy groups -OCH3 is 1. The number of rotatable bonds is 4. The molecule has 0 spiro atoms. The molecule has 0 aromatic heterocycles. The third kappa shape index (κ3) is 3.73. The van der Waals surface area contributed by atoms with Gasteiger partial charge in [0.25, 0.3) is 0 Å². The van der Waals surface area contributed by atoms with Crippen LogP contribution in [0.25, 0.3) is 10.8 Å². The summed E-state index contributed by atoms with van der Waals surface area (Å²) in [6.07, 6.45) is 0.755. The Labute approximate surface area is 137 Å². The standard InChI is InChI=1S/C20H24O3/c1-13(2)12-14-10-11-15-16(18(14)22-6)8-7-9-17(15)23-19(21)20(3,4)5/h7-11H,1,12H2,2-6H3. The number of esters is 1. The van der Waals surface area contributed by atoms with Gasteiger partial charge in [0.05, 0.1) is 12.5 Å². The summed E-state index contributed by atoms with van der Waals surface area (Å²) in [6, 6.07) is 9.64. The molecule has 0 aliphatic heterocycles. The second-order valence-corrected chi connectivity index (χ2v) is 6.88. The smallest absolute Gasteiger partial charge is 0.316 e. The fourth-order valence-corrected chi connectivity index (χ4v) is 2.39. The van der Waals surface area contributed by atoms with Crippen molar-refractivity contribution in [3.63, 3.8) is 0 Å². The zero-order valence-corrected chi connectivity index (χ0v) is 14.5. The van der Waals surface area contributed by atoms with E-state index in [2.05, 4.69) is 6.58 Å². The Morgan fingerprint density at radius 3 is 2.39 bits per heavy atom. The molecule has 0 unspecified atom stereocenters. The van der Waals surface area contributed by atoms with Crippen molar-refractivity contribution in [1.82, 2.24) is 0 Å². The SMILES string of the molecule is C=C(C)Cc1ccc2c(OC(=O)C(C)(C)C)cccc2c1OC. The van der Waals surface area contributed by atoms with Crippen LogP contribution in [-0.4, -0.2) is 13.1 Å². The molecule has 0 heterocycles. The summed E-state index contributed by atoms with van der Waals surface area (Å²) in [6.45, 7) is 11.5. The van der Waals surface area contributed by atoms with Crippen LogP contribution in [0.2, 0.25) is 0 Å². The van der Waals surface area contributed by atoms with Gasteiger partial charge in [0.1, 0.15) is 11.5 Å². The number of allylic oxidation sites excluding steroid dienone is 1. The number of carbonyl (C=O) groups excluding carboxylic acids is 1. The van der Waals surface area contributed by atoms with E-state index in [4.69, 9.17) is 9.47 Å². The van der Waals surface area contributed by atoms with Gasteiger partial charge in [-0.25, -0.2) is 0 Å². The zero-order valence-electron chi connectivity index (χ0n) is 14.5.